The second-order valence-electron chi connectivity index (χ2n) is 8.73. The number of aryl methyl sites for hydroxylation is 1. The van der Waals surface area contributed by atoms with Gasteiger partial charge in [0.05, 0.1) is 19.5 Å². The van der Waals surface area contributed by atoms with Crippen LogP contribution < -0.4 is 0 Å². The number of hydrogen-bond acceptors (Lipinski definition) is 3. The SMILES string of the molecule is Cc1ccsc1CN(Cc1ccccc1)C(=O)CN(CC(C)C)C(=O)Cc1ccc(F)cc1. The van der Waals surface area contributed by atoms with Crippen LogP contribution in [0.25, 0.3) is 0 Å². The molecule has 0 aliphatic heterocycles. The Hall–Kier alpha value is -2.99. The maximum absolute atomic E-state index is 13.5. The third-order valence-corrected chi connectivity index (χ3v) is 6.41. The van der Waals surface area contributed by atoms with E-state index in [0.717, 1.165) is 21.6 Å². The fraction of sp³-hybridized carbons (Fsp3) is 0.333. The molecule has 0 spiro atoms. The second kappa shape index (κ2) is 11.8. The second-order valence-corrected chi connectivity index (χ2v) is 9.73. The van der Waals surface area contributed by atoms with Crippen LogP contribution in [0.15, 0.2) is 66.0 Å². The highest BCUT2D eigenvalue weighted by molar-refractivity contribution is 7.10. The summed E-state index contributed by atoms with van der Waals surface area (Å²) in [5, 5.41) is 2.03. The van der Waals surface area contributed by atoms with Gasteiger partial charge >= 0.3 is 0 Å². The molecule has 0 unspecified atom stereocenters. The Morgan fingerprint density at radius 1 is 0.879 bits per heavy atom. The molecule has 0 saturated carbocycles. The minimum absolute atomic E-state index is 0.0233. The van der Waals surface area contributed by atoms with Gasteiger partial charge in [0.15, 0.2) is 0 Å². The van der Waals surface area contributed by atoms with E-state index in [1.54, 1.807) is 28.4 Å². The first kappa shape index (κ1) is 24.6. The minimum Gasteiger partial charge on any atom is -0.333 e. The molecule has 0 radical (unpaired) electrons. The van der Waals surface area contributed by atoms with Crippen LogP contribution in [-0.4, -0.2) is 34.7 Å². The van der Waals surface area contributed by atoms with Crippen LogP contribution in [0.5, 0.6) is 0 Å². The lowest BCUT2D eigenvalue weighted by atomic mass is 10.1. The van der Waals surface area contributed by atoms with Gasteiger partial charge in [-0.15, -0.1) is 11.3 Å². The molecule has 2 aromatic carbocycles. The largest absolute Gasteiger partial charge is 0.333 e. The fourth-order valence-electron chi connectivity index (χ4n) is 3.62. The highest BCUT2D eigenvalue weighted by atomic mass is 32.1. The van der Waals surface area contributed by atoms with Gasteiger partial charge in [0, 0.05) is 18.0 Å². The molecular formula is C27H31FN2O2S. The molecule has 0 aliphatic carbocycles. The van der Waals surface area contributed by atoms with Crippen molar-refractivity contribution in [2.45, 2.75) is 40.3 Å². The lowest BCUT2D eigenvalue weighted by Crippen LogP contribution is -2.44. The zero-order valence-electron chi connectivity index (χ0n) is 19.5. The number of halogens is 1. The van der Waals surface area contributed by atoms with Crippen molar-refractivity contribution >= 4 is 23.2 Å². The lowest BCUT2D eigenvalue weighted by Gasteiger charge is -2.29. The number of carbonyl (C=O) groups is 2. The maximum atomic E-state index is 13.5. The van der Waals surface area contributed by atoms with Crippen LogP contribution in [0.1, 0.15) is 35.4 Å². The molecule has 0 N–H and O–H groups in total. The predicted octanol–water partition coefficient (Wildman–Crippen LogP) is 5.45. The maximum Gasteiger partial charge on any atom is 0.242 e. The summed E-state index contributed by atoms with van der Waals surface area (Å²) >= 11 is 1.64. The van der Waals surface area contributed by atoms with Crippen molar-refractivity contribution in [3.63, 3.8) is 0 Å². The summed E-state index contributed by atoms with van der Waals surface area (Å²) in [7, 11) is 0. The van der Waals surface area contributed by atoms with Gasteiger partial charge in [-0.3, -0.25) is 9.59 Å². The monoisotopic (exact) mass is 466 g/mol. The van der Waals surface area contributed by atoms with E-state index >= 15 is 0 Å². The van der Waals surface area contributed by atoms with Gasteiger partial charge in [0.1, 0.15) is 5.82 Å². The number of carbonyl (C=O) groups excluding carboxylic acids is 2. The number of nitrogens with zero attached hydrogens (tertiary/aromatic N) is 2. The Balaban J connectivity index is 1.76. The van der Waals surface area contributed by atoms with Crippen molar-refractivity contribution in [3.05, 3.63) is 93.4 Å². The average molecular weight is 467 g/mol. The summed E-state index contributed by atoms with van der Waals surface area (Å²) in [6, 6.07) is 17.9. The van der Waals surface area contributed by atoms with E-state index in [2.05, 4.69) is 6.07 Å². The Morgan fingerprint density at radius 3 is 2.18 bits per heavy atom. The van der Waals surface area contributed by atoms with Crippen molar-refractivity contribution in [1.82, 2.24) is 9.80 Å². The quantitative estimate of drug-likeness (QED) is 0.399. The summed E-state index contributed by atoms with van der Waals surface area (Å²) < 4.78 is 13.2. The molecule has 6 heteroatoms. The van der Waals surface area contributed by atoms with Crippen LogP contribution in [-0.2, 0) is 29.1 Å². The number of rotatable bonds is 10. The molecule has 0 saturated heterocycles. The molecule has 0 aliphatic rings. The van der Waals surface area contributed by atoms with Gasteiger partial charge in [0.25, 0.3) is 0 Å². The molecule has 0 atom stereocenters. The van der Waals surface area contributed by atoms with E-state index < -0.39 is 0 Å². The normalized spacial score (nSPS) is 10.9. The van der Waals surface area contributed by atoms with Crippen molar-refractivity contribution in [2.24, 2.45) is 5.92 Å². The van der Waals surface area contributed by atoms with E-state index in [4.69, 9.17) is 0 Å². The van der Waals surface area contributed by atoms with Crippen LogP contribution in [0, 0.1) is 18.7 Å². The third-order valence-electron chi connectivity index (χ3n) is 5.40. The van der Waals surface area contributed by atoms with Crippen LogP contribution in [0.3, 0.4) is 0 Å². The molecule has 2 amide bonds. The van der Waals surface area contributed by atoms with Crippen molar-refractivity contribution in [2.75, 3.05) is 13.1 Å². The minimum atomic E-state index is -0.333. The smallest absolute Gasteiger partial charge is 0.242 e. The molecule has 3 aromatic rings. The summed E-state index contributed by atoms with van der Waals surface area (Å²) in [6.07, 6.45) is 0.142. The van der Waals surface area contributed by atoms with Crippen LogP contribution in [0.4, 0.5) is 4.39 Å². The molecule has 1 heterocycles. The molecule has 4 nitrogen and oxygen atoms in total. The van der Waals surface area contributed by atoms with Crippen LogP contribution >= 0.6 is 11.3 Å². The molecule has 174 valence electrons. The number of amides is 2. The van der Waals surface area contributed by atoms with Gasteiger partial charge in [-0.25, -0.2) is 4.39 Å². The zero-order chi connectivity index (χ0) is 23.8. The fourth-order valence-corrected chi connectivity index (χ4v) is 4.54. The molecular weight excluding hydrogens is 435 g/mol. The van der Waals surface area contributed by atoms with E-state index in [9.17, 15) is 14.0 Å². The zero-order valence-corrected chi connectivity index (χ0v) is 20.3. The van der Waals surface area contributed by atoms with Gasteiger partial charge < -0.3 is 9.80 Å². The first-order valence-corrected chi connectivity index (χ1v) is 12.1. The number of benzene rings is 2. The highest BCUT2D eigenvalue weighted by Crippen LogP contribution is 2.20. The molecule has 0 fully saturated rings. The summed E-state index contributed by atoms with van der Waals surface area (Å²) in [4.78, 5) is 31.2. The summed E-state index contributed by atoms with van der Waals surface area (Å²) in [6.45, 7) is 7.61. The Kier molecular flexibility index (Phi) is 8.78. The standard InChI is InChI=1S/C27H31FN2O2S/c1-20(2)16-29(26(31)15-22-9-11-24(28)12-10-22)19-27(32)30(17-23-7-5-4-6-8-23)18-25-21(3)13-14-33-25/h4-14,20H,15-19H2,1-3H3. The predicted molar refractivity (Wildman–Crippen MR) is 131 cm³/mol. The Labute approximate surface area is 199 Å². The van der Waals surface area contributed by atoms with Gasteiger partial charge in [-0.1, -0.05) is 56.3 Å². The first-order valence-electron chi connectivity index (χ1n) is 11.2. The van der Waals surface area contributed by atoms with E-state index in [-0.39, 0.29) is 36.5 Å². The third kappa shape index (κ3) is 7.53. The average Bonchev–Trinajstić information content (AvgIpc) is 3.19. The molecule has 3 rings (SSSR count). The van der Waals surface area contributed by atoms with Crippen molar-refractivity contribution in [3.8, 4) is 0 Å². The first-order chi connectivity index (χ1) is 15.8. The van der Waals surface area contributed by atoms with E-state index in [1.165, 1.54) is 12.1 Å². The number of hydrogen-bond donors (Lipinski definition) is 0. The molecule has 1 aromatic heterocycles. The Bertz CT molecular complexity index is 1050. The van der Waals surface area contributed by atoms with Crippen LogP contribution in [0.2, 0.25) is 0 Å². The lowest BCUT2D eigenvalue weighted by molar-refractivity contribution is -0.141. The highest BCUT2D eigenvalue weighted by Gasteiger charge is 2.23. The van der Waals surface area contributed by atoms with E-state index in [1.807, 2.05) is 61.4 Å². The van der Waals surface area contributed by atoms with Gasteiger partial charge in [-0.2, -0.15) is 0 Å². The topological polar surface area (TPSA) is 40.6 Å². The van der Waals surface area contributed by atoms with Crippen molar-refractivity contribution in [1.29, 1.82) is 0 Å². The van der Waals surface area contributed by atoms with E-state index in [0.29, 0.717) is 19.6 Å². The van der Waals surface area contributed by atoms with Gasteiger partial charge in [0.2, 0.25) is 11.8 Å². The summed E-state index contributed by atoms with van der Waals surface area (Å²) in [5.41, 5.74) is 2.95. The summed E-state index contributed by atoms with van der Waals surface area (Å²) in [5.74, 6) is -0.326. The molecule has 33 heavy (non-hydrogen) atoms. The van der Waals surface area contributed by atoms with Crippen molar-refractivity contribution < 1.29 is 14.0 Å². The molecule has 0 bridgehead atoms. The van der Waals surface area contributed by atoms with Gasteiger partial charge in [-0.05, 0) is 53.1 Å². The number of thiophene rings is 1. The Morgan fingerprint density at radius 2 is 1.58 bits per heavy atom.